The molecule has 1 saturated carbocycles. The van der Waals surface area contributed by atoms with Gasteiger partial charge in [-0.25, -0.2) is 0 Å². The van der Waals surface area contributed by atoms with Crippen molar-refractivity contribution in [1.29, 1.82) is 0 Å². The molecule has 1 heterocycles. The first kappa shape index (κ1) is 9.47. The second-order valence-corrected chi connectivity index (χ2v) is 4.73. The average Bonchev–Trinajstić information content (AvgIpc) is 2.12. The molecule has 0 bridgehead atoms. The van der Waals surface area contributed by atoms with E-state index in [2.05, 4.69) is 12.2 Å². The molecule has 2 fully saturated rings. The number of piperidine rings is 1. The van der Waals surface area contributed by atoms with Gasteiger partial charge in [-0.15, -0.1) is 0 Å². The molecule has 0 amide bonds. The summed E-state index contributed by atoms with van der Waals surface area (Å²) in [4.78, 5) is 0. The average molecular weight is 183 g/mol. The van der Waals surface area contributed by atoms with Crippen LogP contribution in [0.5, 0.6) is 0 Å². The Balaban J connectivity index is 1.56. The van der Waals surface area contributed by atoms with Crippen LogP contribution in [0.1, 0.15) is 32.6 Å². The summed E-state index contributed by atoms with van der Waals surface area (Å²) in [6, 6.07) is 0. The summed E-state index contributed by atoms with van der Waals surface area (Å²) < 4.78 is 5.86. The number of hydrogen-bond donors (Lipinski definition) is 1. The van der Waals surface area contributed by atoms with Gasteiger partial charge in [-0.3, -0.25) is 0 Å². The molecule has 0 aromatic rings. The van der Waals surface area contributed by atoms with Crippen molar-refractivity contribution in [3.8, 4) is 0 Å². The Morgan fingerprint density at radius 1 is 1.23 bits per heavy atom. The van der Waals surface area contributed by atoms with Crippen molar-refractivity contribution in [2.45, 2.75) is 38.7 Å². The summed E-state index contributed by atoms with van der Waals surface area (Å²) in [7, 11) is 0. The first-order valence-electron chi connectivity index (χ1n) is 5.67. The molecule has 0 aromatic heterocycles. The molecule has 0 atom stereocenters. The second kappa shape index (κ2) is 4.43. The lowest BCUT2D eigenvalue weighted by Crippen LogP contribution is -2.34. The van der Waals surface area contributed by atoms with E-state index in [0.717, 1.165) is 18.4 Å². The molecule has 0 spiro atoms. The van der Waals surface area contributed by atoms with Crippen LogP contribution in [0.2, 0.25) is 0 Å². The Kier molecular flexibility index (Phi) is 3.23. The minimum atomic E-state index is 0.602. The number of rotatable bonds is 3. The van der Waals surface area contributed by atoms with Crippen molar-refractivity contribution in [3.05, 3.63) is 0 Å². The number of nitrogens with one attached hydrogen (secondary N) is 1. The van der Waals surface area contributed by atoms with Gasteiger partial charge in [0.05, 0.1) is 6.10 Å². The summed E-state index contributed by atoms with van der Waals surface area (Å²) in [6.45, 7) is 5.70. The third-order valence-electron chi connectivity index (χ3n) is 3.36. The highest BCUT2D eigenvalue weighted by Crippen LogP contribution is 2.30. The van der Waals surface area contributed by atoms with Crippen molar-refractivity contribution in [1.82, 2.24) is 5.32 Å². The highest BCUT2D eigenvalue weighted by atomic mass is 16.5. The van der Waals surface area contributed by atoms with Crippen LogP contribution in [0.3, 0.4) is 0 Å². The first-order chi connectivity index (χ1) is 6.34. The van der Waals surface area contributed by atoms with E-state index in [-0.39, 0.29) is 0 Å². The largest absolute Gasteiger partial charge is 0.378 e. The highest BCUT2D eigenvalue weighted by molar-refractivity contribution is 4.77. The van der Waals surface area contributed by atoms with Gasteiger partial charge < -0.3 is 10.1 Å². The van der Waals surface area contributed by atoms with E-state index < -0.39 is 0 Å². The lowest BCUT2D eigenvalue weighted by molar-refractivity contribution is -0.0436. The zero-order chi connectivity index (χ0) is 9.10. The lowest BCUT2D eigenvalue weighted by Gasteiger charge is -2.34. The zero-order valence-corrected chi connectivity index (χ0v) is 8.59. The minimum Gasteiger partial charge on any atom is -0.378 e. The quantitative estimate of drug-likeness (QED) is 0.720. The van der Waals surface area contributed by atoms with E-state index in [1.807, 2.05) is 0 Å². The molecule has 1 N–H and O–H groups in total. The van der Waals surface area contributed by atoms with Crippen LogP contribution in [0.15, 0.2) is 0 Å². The van der Waals surface area contributed by atoms with Gasteiger partial charge in [0.15, 0.2) is 0 Å². The second-order valence-electron chi connectivity index (χ2n) is 4.73. The molecule has 2 heteroatoms. The monoisotopic (exact) mass is 183 g/mol. The van der Waals surface area contributed by atoms with Crippen LogP contribution in [0.4, 0.5) is 0 Å². The van der Waals surface area contributed by atoms with E-state index >= 15 is 0 Å². The smallest absolute Gasteiger partial charge is 0.0580 e. The van der Waals surface area contributed by atoms with Gasteiger partial charge in [-0.05, 0) is 50.6 Å². The van der Waals surface area contributed by atoms with Crippen LogP contribution in [0.25, 0.3) is 0 Å². The molecular weight excluding hydrogens is 162 g/mol. The van der Waals surface area contributed by atoms with Crippen LogP contribution in [0, 0.1) is 11.8 Å². The predicted molar refractivity (Wildman–Crippen MR) is 53.7 cm³/mol. The molecule has 1 saturated heterocycles. The molecular formula is C11H21NO. The van der Waals surface area contributed by atoms with Gasteiger partial charge in [-0.1, -0.05) is 6.92 Å². The summed E-state index contributed by atoms with van der Waals surface area (Å²) >= 11 is 0. The van der Waals surface area contributed by atoms with Crippen LogP contribution in [-0.4, -0.2) is 25.8 Å². The Hall–Kier alpha value is -0.0800. The Labute approximate surface area is 81.0 Å². The molecule has 0 aromatic carbocycles. The van der Waals surface area contributed by atoms with Crippen LogP contribution >= 0.6 is 0 Å². The molecule has 76 valence electrons. The molecule has 1 aliphatic carbocycles. The maximum absolute atomic E-state index is 5.86. The van der Waals surface area contributed by atoms with Crippen LogP contribution < -0.4 is 5.32 Å². The van der Waals surface area contributed by atoms with E-state index in [0.29, 0.717) is 6.10 Å². The normalized spacial score (nSPS) is 35.8. The highest BCUT2D eigenvalue weighted by Gasteiger charge is 2.26. The van der Waals surface area contributed by atoms with Crippen molar-refractivity contribution >= 4 is 0 Å². The lowest BCUT2D eigenvalue weighted by atomic mass is 9.84. The van der Waals surface area contributed by atoms with E-state index in [4.69, 9.17) is 4.74 Å². The third-order valence-corrected chi connectivity index (χ3v) is 3.36. The predicted octanol–water partition coefficient (Wildman–Crippen LogP) is 1.80. The molecule has 2 rings (SSSR count). The maximum atomic E-state index is 5.86. The van der Waals surface area contributed by atoms with E-state index in [9.17, 15) is 0 Å². The molecule has 0 radical (unpaired) electrons. The third kappa shape index (κ3) is 2.68. The van der Waals surface area contributed by atoms with Crippen molar-refractivity contribution in [2.75, 3.05) is 19.7 Å². The molecule has 0 unspecified atom stereocenters. The van der Waals surface area contributed by atoms with E-state index in [1.165, 1.54) is 38.8 Å². The zero-order valence-electron chi connectivity index (χ0n) is 8.59. The molecule has 13 heavy (non-hydrogen) atoms. The fourth-order valence-corrected chi connectivity index (χ4v) is 2.29. The standard InChI is InChI=1S/C11H21NO/c1-9-6-11(7-9)13-8-10-2-4-12-5-3-10/h9-12H,2-8H2,1H3. The van der Waals surface area contributed by atoms with Crippen molar-refractivity contribution in [3.63, 3.8) is 0 Å². The summed E-state index contributed by atoms with van der Waals surface area (Å²) in [5.41, 5.74) is 0. The SMILES string of the molecule is CC1CC(OCC2CCNCC2)C1. The fourth-order valence-electron chi connectivity index (χ4n) is 2.29. The van der Waals surface area contributed by atoms with Gasteiger partial charge in [0.2, 0.25) is 0 Å². The summed E-state index contributed by atoms with van der Waals surface area (Å²) in [6.07, 6.45) is 5.81. The number of hydrogen-bond acceptors (Lipinski definition) is 2. The fraction of sp³-hybridized carbons (Fsp3) is 1.00. The molecule has 1 aliphatic heterocycles. The number of ether oxygens (including phenoxy) is 1. The maximum Gasteiger partial charge on any atom is 0.0580 e. The Morgan fingerprint density at radius 3 is 2.54 bits per heavy atom. The topological polar surface area (TPSA) is 21.3 Å². The van der Waals surface area contributed by atoms with Gasteiger partial charge >= 0.3 is 0 Å². The van der Waals surface area contributed by atoms with Gasteiger partial charge in [0.1, 0.15) is 0 Å². The summed E-state index contributed by atoms with van der Waals surface area (Å²) in [5.74, 6) is 1.75. The molecule has 2 nitrogen and oxygen atoms in total. The molecule has 2 aliphatic rings. The minimum absolute atomic E-state index is 0.602. The Morgan fingerprint density at radius 2 is 1.92 bits per heavy atom. The van der Waals surface area contributed by atoms with Gasteiger partial charge in [0.25, 0.3) is 0 Å². The first-order valence-corrected chi connectivity index (χ1v) is 5.67. The summed E-state index contributed by atoms with van der Waals surface area (Å²) in [5, 5.41) is 3.38. The van der Waals surface area contributed by atoms with Crippen molar-refractivity contribution < 1.29 is 4.74 Å². The van der Waals surface area contributed by atoms with Gasteiger partial charge in [-0.2, -0.15) is 0 Å². The van der Waals surface area contributed by atoms with Gasteiger partial charge in [0, 0.05) is 6.61 Å². The van der Waals surface area contributed by atoms with Crippen LogP contribution in [-0.2, 0) is 4.74 Å². The van der Waals surface area contributed by atoms with Crippen molar-refractivity contribution in [2.24, 2.45) is 11.8 Å². The van der Waals surface area contributed by atoms with E-state index in [1.54, 1.807) is 0 Å². The Bertz CT molecular complexity index is 148.